The molecule has 0 unspecified atom stereocenters. The highest BCUT2D eigenvalue weighted by Crippen LogP contribution is 2.17. The fourth-order valence-electron chi connectivity index (χ4n) is 2.75. The quantitative estimate of drug-likeness (QED) is 0.788. The van der Waals surface area contributed by atoms with Gasteiger partial charge in [-0.15, -0.1) is 11.3 Å². The van der Waals surface area contributed by atoms with E-state index < -0.39 is 0 Å². The number of nitrogens with zero attached hydrogens (tertiary/aromatic N) is 2. The number of amides is 1. The Kier molecular flexibility index (Phi) is 6.39. The van der Waals surface area contributed by atoms with Crippen molar-refractivity contribution in [1.29, 1.82) is 0 Å². The highest BCUT2D eigenvalue weighted by Gasteiger charge is 2.22. The minimum atomic E-state index is -0.0295. The maximum atomic E-state index is 11.9. The Morgan fingerprint density at radius 1 is 1.48 bits per heavy atom. The van der Waals surface area contributed by atoms with Crippen molar-refractivity contribution in [3.05, 3.63) is 22.7 Å². The van der Waals surface area contributed by atoms with E-state index in [1.54, 1.807) is 18.3 Å². The van der Waals surface area contributed by atoms with Crippen molar-refractivity contribution >= 4 is 23.3 Å². The summed E-state index contributed by atoms with van der Waals surface area (Å²) in [5, 5.41) is 5.81. The second-order valence-corrected chi connectivity index (χ2v) is 6.90. The molecule has 1 aromatic rings. The Morgan fingerprint density at radius 2 is 2.24 bits per heavy atom. The van der Waals surface area contributed by atoms with E-state index in [4.69, 9.17) is 0 Å². The number of likely N-dealkylation sites (tertiary alicyclic amines) is 1. The van der Waals surface area contributed by atoms with E-state index in [0.29, 0.717) is 12.0 Å². The molecule has 1 fully saturated rings. The standard InChI is InChI=1S/C16H25N3OS/c1-13(2)11-14(19-8-3-4-9-19)12-18-15(20)5-6-16-17-7-10-21-16/h5-7,10,13-14H,3-4,8-9,11-12H2,1-2H3,(H,18,20)/b6-5-/t14-/m0/s1. The molecule has 21 heavy (non-hydrogen) atoms. The third-order valence-corrected chi connectivity index (χ3v) is 4.48. The maximum absolute atomic E-state index is 11.9. The Balaban J connectivity index is 1.81. The van der Waals surface area contributed by atoms with Gasteiger partial charge in [-0.2, -0.15) is 0 Å². The van der Waals surface area contributed by atoms with Crippen LogP contribution < -0.4 is 5.32 Å². The summed E-state index contributed by atoms with van der Waals surface area (Å²) in [6, 6.07) is 0.463. The van der Waals surface area contributed by atoms with E-state index in [9.17, 15) is 4.79 Å². The molecular weight excluding hydrogens is 282 g/mol. The summed E-state index contributed by atoms with van der Waals surface area (Å²) in [6.07, 6.45) is 8.80. The predicted molar refractivity (Wildman–Crippen MR) is 88.2 cm³/mol. The van der Waals surface area contributed by atoms with Gasteiger partial charge in [-0.25, -0.2) is 4.98 Å². The van der Waals surface area contributed by atoms with E-state index in [1.807, 2.05) is 5.38 Å². The smallest absolute Gasteiger partial charge is 0.244 e. The average molecular weight is 307 g/mol. The zero-order valence-electron chi connectivity index (χ0n) is 12.9. The third-order valence-electron chi connectivity index (χ3n) is 3.74. The molecule has 0 aromatic carbocycles. The second kappa shape index (κ2) is 8.29. The fraction of sp³-hybridized carbons (Fsp3) is 0.625. The van der Waals surface area contributed by atoms with E-state index in [0.717, 1.165) is 18.0 Å². The largest absolute Gasteiger partial charge is 0.351 e. The van der Waals surface area contributed by atoms with E-state index in [2.05, 4.69) is 29.0 Å². The number of nitrogens with one attached hydrogen (secondary N) is 1. The highest BCUT2D eigenvalue weighted by atomic mass is 32.1. The molecular formula is C16H25N3OS. The minimum Gasteiger partial charge on any atom is -0.351 e. The van der Waals surface area contributed by atoms with Gasteiger partial charge in [0.2, 0.25) is 5.91 Å². The van der Waals surface area contributed by atoms with Crippen LogP contribution in [0.2, 0.25) is 0 Å². The molecule has 4 nitrogen and oxygen atoms in total. The van der Waals surface area contributed by atoms with Crippen LogP contribution in [0.3, 0.4) is 0 Å². The summed E-state index contributed by atoms with van der Waals surface area (Å²) in [6.45, 7) is 7.56. The molecule has 2 heterocycles. The fourth-order valence-corrected chi connectivity index (χ4v) is 3.28. The molecule has 5 heteroatoms. The van der Waals surface area contributed by atoms with E-state index >= 15 is 0 Å². The number of aromatic nitrogens is 1. The molecule has 1 aromatic heterocycles. The molecule has 0 aliphatic carbocycles. The van der Waals surface area contributed by atoms with Gasteiger partial charge in [0.1, 0.15) is 5.01 Å². The van der Waals surface area contributed by atoms with Crippen LogP contribution in [-0.2, 0) is 4.79 Å². The van der Waals surface area contributed by atoms with Crippen molar-refractivity contribution in [2.75, 3.05) is 19.6 Å². The van der Waals surface area contributed by atoms with Crippen LogP contribution in [0.15, 0.2) is 17.7 Å². The van der Waals surface area contributed by atoms with Crippen molar-refractivity contribution in [3.8, 4) is 0 Å². The van der Waals surface area contributed by atoms with Crippen LogP contribution >= 0.6 is 11.3 Å². The van der Waals surface area contributed by atoms with Gasteiger partial charge in [-0.05, 0) is 44.3 Å². The zero-order chi connectivity index (χ0) is 15.1. The van der Waals surface area contributed by atoms with Crippen LogP contribution in [0.25, 0.3) is 6.08 Å². The second-order valence-electron chi connectivity index (χ2n) is 5.98. The SMILES string of the molecule is CC(C)C[C@@H](CNC(=O)/C=C\c1nccs1)N1CCCC1. The van der Waals surface area contributed by atoms with Gasteiger partial charge in [-0.1, -0.05) is 13.8 Å². The normalized spacial score (nSPS) is 17.7. The Bertz CT molecular complexity index is 450. The van der Waals surface area contributed by atoms with Crippen LogP contribution in [-0.4, -0.2) is 41.5 Å². The molecule has 2 rings (SSSR count). The lowest BCUT2D eigenvalue weighted by molar-refractivity contribution is -0.116. The van der Waals surface area contributed by atoms with E-state index in [1.165, 1.54) is 37.3 Å². The third kappa shape index (κ3) is 5.59. The molecule has 0 bridgehead atoms. The molecule has 0 spiro atoms. The summed E-state index contributed by atoms with van der Waals surface area (Å²) in [7, 11) is 0. The first-order valence-electron chi connectivity index (χ1n) is 7.74. The van der Waals surface area contributed by atoms with Gasteiger partial charge < -0.3 is 5.32 Å². The van der Waals surface area contributed by atoms with Gasteiger partial charge >= 0.3 is 0 Å². The number of carbonyl (C=O) groups excluding carboxylic acids is 1. The molecule has 0 radical (unpaired) electrons. The summed E-state index contributed by atoms with van der Waals surface area (Å²) in [5.41, 5.74) is 0. The average Bonchev–Trinajstić information content (AvgIpc) is 3.12. The molecule has 1 saturated heterocycles. The molecule has 1 aliphatic rings. The number of carbonyl (C=O) groups is 1. The van der Waals surface area contributed by atoms with Gasteiger partial charge in [0.15, 0.2) is 0 Å². The molecule has 1 atom stereocenters. The minimum absolute atomic E-state index is 0.0295. The lowest BCUT2D eigenvalue weighted by atomic mass is 10.0. The van der Waals surface area contributed by atoms with Crippen molar-refractivity contribution < 1.29 is 4.79 Å². The number of hydrogen-bond donors (Lipinski definition) is 1. The molecule has 1 amide bonds. The van der Waals surface area contributed by atoms with Gasteiger partial charge in [0.25, 0.3) is 0 Å². The number of rotatable bonds is 7. The zero-order valence-corrected chi connectivity index (χ0v) is 13.7. The van der Waals surface area contributed by atoms with Crippen LogP contribution in [0.4, 0.5) is 0 Å². The van der Waals surface area contributed by atoms with Crippen molar-refractivity contribution in [1.82, 2.24) is 15.2 Å². The van der Waals surface area contributed by atoms with Gasteiger partial charge in [0.05, 0.1) is 0 Å². The monoisotopic (exact) mass is 307 g/mol. The highest BCUT2D eigenvalue weighted by molar-refractivity contribution is 7.10. The van der Waals surface area contributed by atoms with Gasteiger partial charge in [-0.3, -0.25) is 9.69 Å². The first-order valence-corrected chi connectivity index (χ1v) is 8.62. The van der Waals surface area contributed by atoms with Gasteiger partial charge in [0, 0.05) is 30.2 Å². The topological polar surface area (TPSA) is 45.2 Å². The Labute approximate surface area is 131 Å². The number of thiazole rings is 1. The Hall–Kier alpha value is -1.20. The summed E-state index contributed by atoms with van der Waals surface area (Å²) >= 11 is 1.53. The van der Waals surface area contributed by atoms with Crippen LogP contribution in [0, 0.1) is 5.92 Å². The lowest BCUT2D eigenvalue weighted by Crippen LogP contribution is -2.43. The van der Waals surface area contributed by atoms with Crippen molar-refractivity contribution in [2.24, 2.45) is 5.92 Å². The molecule has 1 N–H and O–H groups in total. The molecule has 116 valence electrons. The molecule has 0 saturated carbocycles. The van der Waals surface area contributed by atoms with E-state index in [-0.39, 0.29) is 5.91 Å². The maximum Gasteiger partial charge on any atom is 0.244 e. The van der Waals surface area contributed by atoms with Crippen molar-refractivity contribution in [2.45, 2.75) is 39.2 Å². The first kappa shape index (κ1) is 16.2. The summed E-state index contributed by atoms with van der Waals surface area (Å²) < 4.78 is 0. The predicted octanol–water partition coefficient (Wildman–Crippen LogP) is 2.78. The van der Waals surface area contributed by atoms with Crippen LogP contribution in [0.5, 0.6) is 0 Å². The summed E-state index contributed by atoms with van der Waals surface area (Å²) in [4.78, 5) is 18.6. The van der Waals surface area contributed by atoms with Crippen LogP contribution in [0.1, 0.15) is 38.1 Å². The first-order chi connectivity index (χ1) is 10.1. The van der Waals surface area contributed by atoms with Crippen molar-refractivity contribution in [3.63, 3.8) is 0 Å². The summed E-state index contributed by atoms with van der Waals surface area (Å²) in [5.74, 6) is 0.622. The number of hydrogen-bond acceptors (Lipinski definition) is 4. The Morgan fingerprint density at radius 3 is 2.86 bits per heavy atom. The lowest BCUT2D eigenvalue weighted by Gasteiger charge is -2.29. The molecule has 1 aliphatic heterocycles.